The van der Waals surface area contributed by atoms with Crippen LogP contribution in [0.1, 0.15) is 94.9 Å². The van der Waals surface area contributed by atoms with Crippen LogP contribution >= 0.6 is 11.8 Å². The lowest BCUT2D eigenvalue weighted by molar-refractivity contribution is -0.153. The van der Waals surface area contributed by atoms with Crippen molar-refractivity contribution < 1.29 is 14.3 Å². The Bertz CT molecular complexity index is 3100. The predicted octanol–water partition coefficient (Wildman–Crippen LogP) is 10.1. The molecular formula is C53H56N4O3S. The summed E-state index contributed by atoms with van der Waals surface area (Å²) < 4.78 is 12.0. The standard InChI is InChI=1S/C53H56N4O3S/c1-4-5-6-7-8-9-10-17-28-61-34-53(2,3)52(58)60-27-26-59-35-24-25-42-43(29-35)51-33-49-41-23-16-15-22-40(41)47(56-49)31-45-37-19-12-11-18-36(37)44(54-45)30-46-38-20-13-14-21-39(38)48(55-46)32-50(42)57-51/h11-16,18-25,29-33,54-57H,4-10,17,26-28,34H2,1-3H3. The Hall–Kier alpha value is -5.86. The zero-order valence-electron chi connectivity index (χ0n) is 35.6. The van der Waals surface area contributed by atoms with Crippen molar-refractivity contribution in [3.63, 3.8) is 0 Å². The minimum Gasteiger partial charge on any atom is -0.490 e. The van der Waals surface area contributed by atoms with Gasteiger partial charge in [-0.05, 0) is 68.5 Å². The van der Waals surface area contributed by atoms with Gasteiger partial charge in [-0.15, -0.1) is 0 Å². The monoisotopic (exact) mass is 828 g/mol. The first-order chi connectivity index (χ1) is 29.9. The summed E-state index contributed by atoms with van der Waals surface area (Å²) in [5.74, 6) is 2.38. The maximum atomic E-state index is 13.1. The molecule has 7 nitrogen and oxygen atoms in total. The molecule has 0 amide bonds. The highest BCUT2D eigenvalue weighted by molar-refractivity contribution is 7.99. The number of hydrogen-bond acceptors (Lipinski definition) is 4. The fourth-order valence-electron chi connectivity index (χ4n) is 8.75. The number of unbranched alkanes of at least 4 members (excludes halogenated alkanes) is 7. The van der Waals surface area contributed by atoms with E-state index in [1.165, 1.54) is 62.1 Å². The molecule has 0 fully saturated rings. The van der Waals surface area contributed by atoms with Crippen LogP contribution in [0.4, 0.5) is 0 Å². The molecule has 312 valence electrons. The number of H-pyrrole nitrogens is 4. The summed E-state index contributed by atoms with van der Waals surface area (Å²) in [6.45, 7) is 6.69. The van der Waals surface area contributed by atoms with Gasteiger partial charge in [-0.3, -0.25) is 4.79 Å². The van der Waals surface area contributed by atoms with E-state index in [2.05, 4.69) is 136 Å². The van der Waals surface area contributed by atoms with Crippen LogP contribution in [0, 0.1) is 5.41 Å². The van der Waals surface area contributed by atoms with Crippen LogP contribution in [-0.2, 0) is 9.53 Å². The quantitative estimate of drug-likeness (QED) is 0.0576. The van der Waals surface area contributed by atoms with E-state index < -0.39 is 5.41 Å². The van der Waals surface area contributed by atoms with Crippen LogP contribution in [0.5, 0.6) is 5.75 Å². The number of rotatable bonds is 16. The molecule has 8 heteroatoms. The second-order valence-corrected chi connectivity index (χ2v) is 18.2. The highest BCUT2D eigenvalue weighted by atomic mass is 32.2. The number of carbonyl (C=O) groups excluding carboxylic acids is 1. The molecule has 4 aromatic carbocycles. The summed E-state index contributed by atoms with van der Waals surface area (Å²) in [4.78, 5) is 28.2. The largest absolute Gasteiger partial charge is 0.490 e. The van der Waals surface area contributed by atoms with Crippen molar-refractivity contribution in [3.05, 3.63) is 135 Å². The molecule has 4 N–H and O–H groups in total. The second kappa shape index (κ2) is 18.0. The molecule has 4 aromatic heterocycles. The lowest BCUT2D eigenvalue weighted by Gasteiger charge is -2.22. The molecule has 8 bridgehead atoms. The van der Waals surface area contributed by atoms with Crippen molar-refractivity contribution in [2.45, 2.75) is 72.1 Å². The molecule has 9 rings (SSSR count). The van der Waals surface area contributed by atoms with E-state index in [1.807, 2.05) is 31.7 Å². The molecule has 0 unspecified atom stereocenters. The number of aromatic nitrogens is 4. The highest BCUT2D eigenvalue weighted by Gasteiger charge is 2.29. The average Bonchev–Trinajstić information content (AvgIpc) is 4.01. The van der Waals surface area contributed by atoms with Crippen LogP contribution in [0.2, 0.25) is 0 Å². The number of esters is 1. The van der Waals surface area contributed by atoms with E-state index in [0.717, 1.165) is 93.7 Å². The molecule has 0 radical (unpaired) electrons. The molecule has 61 heavy (non-hydrogen) atoms. The lowest BCUT2D eigenvalue weighted by Crippen LogP contribution is -2.30. The SMILES string of the molecule is CCCCCCCCCCSCC(C)(C)C(=O)OCCOc1ccc2c3[nH]c(c2c1)=Cc1[nH]c(c2ccccc12)C=c1[nH]c(c2ccccc12)=Cc1[nH]c(c2ccccc12)C=3. The molecule has 0 atom stereocenters. The van der Waals surface area contributed by atoms with Crippen molar-refractivity contribution in [3.8, 4) is 5.75 Å². The molecule has 1 aliphatic rings. The lowest BCUT2D eigenvalue weighted by atomic mass is 9.97. The van der Waals surface area contributed by atoms with Crippen molar-refractivity contribution in [1.29, 1.82) is 0 Å². The molecule has 0 saturated carbocycles. The van der Waals surface area contributed by atoms with Gasteiger partial charge in [0.25, 0.3) is 0 Å². The number of fused-ring (bicyclic) bond motifs is 20. The minimum atomic E-state index is -0.550. The van der Waals surface area contributed by atoms with Crippen LogP contribution in [0.3, 0.4) is 0 Å². The van der Waals surface area contributed by atoms with Gasteiger partial charge >= 0.3 is 5.97 Å². The topological polar surface area (TPSA) is 98.7 Å². The second-order valence-electron chi connectivity index (χ2n) is 17.1. The van der Waals surface area contributed by atoms with Gasteiger partial charge in [-0.25, -0.2) is 0 Å². The van der Waals surface area contributed by atoms with Crippen LogP contribution in [0.15, 0.2) is 91.0 Å². The Labute approximate surface area is 361 Å². The Morgan fingerprint density at radius 3 is 1.48 bits per heavy atom. The summed E-state index contributed by atoms with van der Waals surface area (Å²) >= 11 is 1.86. The van der Waals surface area contributed by atoms with Gasteiger partial charge in [0.05, 0.1) is 5.41 Å². The molecule has 0 saturated heterocycles. The van der Waals surface area contributed by atoms with Gasteiger partial charge in [-0.2, -0.15) is 11.8 Å². The molecule has 0 aliphatic carbocycles. The maximum Gasteiger partial charge on any atom is 0.312 e. The molecule has 0 spiro atoms. The third kappa shape index (κ3) is 8.69. The number of carbonyl (C=O) groups is 1. The smallest absolute Gasteiger partial charge is 0.312 e. The van der Waals surface area contributed by atoms with Crippen molar-refractivity contribution in [2.75, 3.05) is 24.7 Å². The third-order valence-electron chi connectivity index (χ3n) is 12.1. The average molecular weight is 829 g/mol. The fourth-order valence-corrected chi connectivity index (χ4v) is 9.93. The Balaban J connectivity index is 0.994. The Kier molecular flexibility index (Phi) is 12.0. The number of nitrogens with one attached hydrogen (secondary N) is 4. The van der Waals surface area contributed by atoms with E-state index in [0.29, 0.717) is 0 Å². The van der Waals surface area contributed by atoms with Gasteiger partial charge in [0.2, 0.25) is 0 Å². The van der Waals surface area contributed by atoms with Gasteiger partial charge < -0.3 is 29.4 Å². The van der Waals surface area contributed by atoms with E-state index in [1.54, 1.807) is 0 Å². The normalized spacial score (nSPS) is 12.6. The predicted molar refractivity (Wildman–Crippen MR) is 256 cm³/mol. The summed E-state index contributed by atoms with van der Waals surface area (Å²) in [6, 6.07) is 31.9. The molecule has 5 heterocycles. The number of ether oxygens (including phenoxy) is 2. The number of aromatic amines is 4. The fraction of sp³-hybridized carbons (Fsp3) is 0.302. The van der Waals surface area contributed by atoms with Gasteiger partial charge in [0.15, 0.2) is 0 Å². The first-order valence-corrected chi connectivity index (χ1v) is 23.3. The zero-order chi connectivity index (χ0) is 41.8. The van der Waals surface area contributed by atoms with Gasteiger partial charge in [-0.1, -0.05) is 125 Å². The van der Waals surface area contributed by atoms with Crippen LogP contribution < -0.4 is 26.1 Å². The minimum absolute atomic E-state index is 0.176. The first kappa shape index (κ1) is 40.5. The van der Waals surface area contributed by atoms with Crippen molar-refractivity contribution >= 4 is 85.1 Å². The maximum absolute atomic E-state index is 13.1. The van der Waals surface area contributed by atoms with Crippen LogP contribution in [-0.4, -0.2) is 50.6 Å². The summed E-state index contributed by atoms with van der Waals surface area (Å²) in [5, 5.41) is 13.1. The Morgan fingerprint density at radius 1 is 0.525 bits per heavy atom. The number of benzene rings is 4. The number of hydrogen-bond donors (Lipinski definition) is 4. The summed E-state index contributed by atoms with van der Waals surface area (Å²) in [6.07, 6.45) is 19.4. The van der Waals surface area contributed by atoms with Crippen molar-refractivity contribution in [1.82, 2.24) is 19.9 Å². The van der Waals surface area contributed by atoms with E-state index >= 15 is 0 Å². The van der Waals surface area contributed by atoms with Gasteiger partial charge in [0.1, 0.15) is 19.0 Å². The van der Waals surface area contributed by atoms with Crippen molar-refractivity contribution in [2.24, 2.45) is 5.41 Å². The summed E-state index contributed by atoms with van der Waals surface area (Å²) in [7, 11) is 0. The zero-order valence-corrected chi connectivity index (χ0v) is 36.4. The van der Waals surface area contributed by atoms with Crippen LogP contribution in [0.25, 0.3) is 67.4 Å². The highest BCUT2D eigenvalue weighted by Crippen LogP contribution is 2.28. The Morgan fingerprint density at radius 2 is 0.967 bits per heavy atom. The van der Waals surface area contributed by atoms with E-state index in [9.17, 15) is 4.79 Å². The molecule has 8 aromatic rings. The van der Waals surface area contributed by atoms with E-state index in [-0.39, 0.29) is 19.2 Å². The van der Waals surface area contributed by atoms with E-state index in [4.69, 9.17) is 9.47 Å². The molecular weight excluding hydrogens is 773 g/mol. The van der Waals surface area contributed by atoms with Gasteiger partial charge in [0, 0.05) is 93.0 Å². The third-order valence-corrected chi connectivity index (χ3v) is 13.6. The number of thioether (sulfide) groups is 1. The summed E-state index contributed by atoms with van der Waals surface area (Å²) in [5.41, 5.74) is 3.56. The molecule has 1 aliphatic heterocycles. The first-order valence-electron chi connectivity index (χ1n) is 22.1.